The molecule has 1 fully saturated rings. The van der Waals surface area contributed by atoms with Crippen molar-refractivity contribution in [3.63, 3.8) is 0 Å². The molecule has 0 amide bonds. The lowest BCUT2D eigenvalue weighted by Gasteiger charge is -2.15. The first-order valence-corrected chi connectivity index (χ1v) is 11.3. The van der Waals surface area contributed by atoms with E-state index < -0.39 is 14.9 Å². The van der Waals surface area contributed by atoms with E-state index in [2.05, 4.69) is 15.5 Å². The first-order chi connectivity index (χ1) is 14.9. The largest absolute Gasteiger partial charge is 0.295 e. The predicted octanol–water partition coefficient (Wildman–Crippen LogP) is 4.03. The number of pyridine rings is 1. The number of para-hydroxylation sites is 1. The lowest BCUT2D eigenvalue weighted by molar-refractivity contribution is -0.384. The van der Waals surface area contributed by atoms with Gasteiger partial charge in [0, 0.05) is 30.1 Å². The summed E-state index contributed by atoms with van der Waals surface area (Å²) >= 11 is 6.19. The van der Waals surface area contributed by atoms with E-state index in [1.54, 1.807) is 6.07 Å². The molecule has 160 valence electrons. The molecule has 1 aliphatic rings. The van der Waals surface area contributed by atoms with Crippen molar-refractivity contribution in [2.45, 2.75) is 17.7 Å². The maximum atomic E-state index is 12.7. The SMILES string of the molecule is O=[N+]([O-])c1cc(S(=O)(=O)N2CCCC2)ccc1N/N=C\c1cc2ccccc2nc1Cl. The van der Waals surface area contributed by atoms with Crippen molar-refractivity contribution in [1.82, 2.24) is 9.29 Å². The number of benzene rings is 2. The van der Waals surface area contributed by atoms with E-state index in [4.69, 9.17) is 11.6 Å². The van der Waals surface area contributed by atoms with Crippen molar-refractivity contribution in [3.8, 4) is 0 Å². The Morgan fingerprint density at radius 3 is 2.65 bits per heavy atom. The highest BCUT2D eigenvalue weighted by atomic mass is 35.5. The maximum Gasteiger partial charge on any atom is 0.295 e. The van der Waals surface area contributed by atoms with Crippen LogP contribution >= 0.6 is 11.6 Å². The van der Waals surface area contributed by atoms with E-state index in [0.717, 1.165) is 29.8 Å². The monoisotopic (exact) mass is 459 g/mol. The van der Waals surface area contributed by atoms with Gasteiger partial charge in [-0.2, -0.15) is 9.41 Å². The summed E-state index contributed by atoms with van der Waals surface area (Å²) in [6, 6.07) is 13.0. The molecule has 0 unspecified atom stereocenters. The van der Waals surface area contributed by atoms with Crippen LogP contribution < -0.4 is 5.43 Å². The Bertz CT molecular complexity index is 1290. The molecule has 31 heavy (non-hydrogen) atoms. The van der Waals surface area contributed by atoms with E-state index in [9.17, 15) is 18.5 Å². The average molecular weight is 460 g/mol. The third-order valence-corrected chi connectivity index (χ3v) is 7.16. The molecule has 2 aromatic carbocycles. The predicted molar refractivity (Wildman–Crippen MR) is 119 cm³/mol. The zero-order valence-corrected chi connectivity index (χ0v) is 17.8. The number of hydrazone groups is 1. The highest BCUT2D eigenvalue weighted by molar-refractivity contribution is 7.89. The minimum absolute atomic E-state index is 0.0616. The van der Waals surface area contributed by atoms with Gasteiger partial charge < -0.3 is 0 Å². The van der Waals surface area contributed by atoms with Crippen LogP contribution in [0.4, 0.5) is 11.4 Å². The van der Waals surface area contributed by atoms with Gasteiger partial charge in [0.15, 0.2) is 0 Å². The number of fused-ring (bicyclic) bond motifs is 1. The van der Waals surface area contributed by atoms with Crippen LogP contribution in [0.5, 0.6) is 0 Å². The third kappa shape index (κ3) is 4.36. The number of nitrogens with one attached hydrogen (secondary N) is 1. The summed E-state index contributed by atoms with van der Waals surface area (Å²) in [7, 11) is -3.76. The summed E-state index contributed by atoms with van der Waals surface area (Å²) in [6.45, 7) is 0.835. The van der Waals surface area contributed by atoms with Crippen molar-refractivity contribution in [1.29, 1.82) is 0 Å². The van der Waals surface area contributed by atoms with Crippen LogP contribution in [0.3, 0.4) is 0 Å². The topological polar surface area (TPSA) is 118 Å². The maximum absolute atomic E-state index is 12.7. The van der Waals surface area contributed by atoms with Gasteiger partial charge in [0.2, 0.25) is 10.0 Å². The quantitative estimate of drug-likeness (QED) is 0.257. The van der Waals surface area contributed by atoms with Gasteiger partial charge in [-0.25, -0.2) is 13.4 Å². The molecule has 2 heterocycles. The smallest absolute Gasteiger partial charge is 0.272 e. The molecule has 0 spiro atoms. The van der Waals surface area contributed by atoms with Gasteiger partial charge in [0.05, 0.1) is 21.6 Å². The Hall–Kier alpha value is -3.08. The molecule has 0 bridgehead atoms. The van der Waals surface area contributed by atoms with E-state index in [1.165, 1.54) is 22.7 Å². The first kappa shape index (κ1) is 21.2. The summed E-state index contributed by atoms with van der Waals surface area (Å²) in [5.41, 5.74) is 3.54. The number of nitro groups is 1. The summed E-state index contributed by atoms with van der Waals surface area (Å²) in [5, 5.41) is 16.7. The molecule has 3 aromatic rings. The second kappa shape index (κ2) is 8.58. The number of aromatic nitrogens is 1. The second-order valence-electron chi connectivity index (χ2n) is 6.98. The molecule has 1 aromatic heterocycles. The summed E-state index contributed by atoms with van der Waals surface area (Å²) < 4.78 is 26.7. The number of nitro benzene ring substituents is 1. The highest BCUT2D eigenvalue weighted by Crippen LogP contribution is 2.30. The molecule has 1 aliphatic heterocycles. The van der Waals surface area contributed by atoms with Gasteiger partial charge in [-0.05, 0) is 37.1 Å². The van der Waals surface area contributed by atoms with Gasteiger partial charge in [0.25, 0.3) is 5.69 Å². The van der Waals surface area contributed by atoms with Crippen molar-refractivity contribution >= 4 is 50.1 Å². The van der Waals surface area contributed by atoms with Gasteiger partial charge in [0.1, 0.15) is 10.8 Å². The molecule has 0 saturated carbocycles. The van der Waals surface area contributed by atoms with Crippen molar-refractivity contribution in [3.05, 3.63) is 69.4 Å². The summed E-state index contributed by atoms with van der Waals surface area (Å²) in [5.74, 6) is 0. The Balaban J connectivity index is 1.60. The molecule has 1 N–H and O–H groups in total. The molecule has 9 nitrogen and oxygen atoms in total. The van der Waals surface area contributed by atoms with Crippen LogP contribution in [-0.4, -0.2) is 41.9 Å². The van der Waals surface area contributed by atoms with Crippen molar-refractivity contribution in [2.75, 3.05) is 18.5 Å². The van der Waals surface area contributed by atoms with Crippen LogP contribution in [0.25, 0.3) is 10.9 Å². The van der Waals surface area contributed by atoms with Crippen molar-refractivity contribution < 1.29 is 13.3 Å². The number of sulfonamides is 1. The molecular formula is C20H18ClN5O4S. The van der Waals surface area contributed by atoms with E-state index in [1.807, 2.05) is 24.3 Å². The van der Waals surface area contributed by atoms with Crippen LogP contribution in [0.2, 0.25) is 5.15 Å². The molecule has 0 atom stereocenters. The van der Waals surface area contributed by atoms with Crippen molar-refractivity contribution in [2.24, 2.45) is 5.10 Å². The van der Waals surface area contributed by atoms with E-state index >= 15 is 0 Å². The fraction of sp³-hybridized carbons (Fsp3) is 0.200. The normalized spacial score (nSPS) is 15.0. The van der Waals surface area contributed by atoms with Crippen LogP contribution in [0, 0.1) is 10.1 Å². The Labute approximate surface area is 183 Å². The van der Waals surface area contributed by atoms with Gasteiger partial charge >= 0.3 is 0 Å². The number of nitrogens with zero attached hydrogens (tertiary/aromatic N) is 4. The standard InChI is InChI=1S/C20H18ClN5O4S/c21-20-15(11-14-5-1-2-6-17(14)23-20)13-22-24-18-8-7-16(12-19(18)26(27)28)31(29,30)25-9-3-4-10-25/h1-2,5-8,11-13,24H,3-4,9-10H2/b22-13-. The zero-order chi connectivity index (χ0) is 22.0. The Morgan fingerprint density at radius 1 is 1.16 bits per heavy atom. The number of halogens is 1. The first-order valence-electron chi connectivity index (χ1n) is 9.49. The van der Waals surface area contributed by atoms with Crippen LogP contribution in [0.15, 0.2) is 58.5 Å². The molecule has 0 radical (unpaired) electrons. The average Bonchev–Trinajstić information content (AvgIpc) is 3.30. The second-order valence-corrected chi connectivity index (χ2v) is 9.27. The fourth-order valence-corrected chi connectivity index (χ4v) is 5.10. The van der Waals surface area contributed by atoms with Gasteiger partial charge in [-0.1, -0.05) is 29.8 Å². The lowest BCUT2D eigenvalue weighted by atomic mass is 10.2. The van der Waals surface area contributed by atoms with E-state index in [0.29, 0.717) is 18.7 Å². The lowest BCUT2D eigenvalue weighted by Crippen LogP contribution is -2.27. The zero-order valence-electron chi connectivity index (χ0n) is 16.2. The third-order valence-electron chi connectivity index (χ3n) is 4.96. The Kier molecular flexibility index (Phi) is 5.86. The molecule has 4 rings (SSSR count). The van der Waals surface area contributed by atoms with Crippen LogP contribution in [-0.2, 0) is 10.0 Å². The number of anilines is 1. The summed E-state index contributed by atoms with van der Waals surface area (Å²) in [6.07, 6.45) is 2.96. The molecular weight excluding hydrogens is 442 g/mol. The number of hydrogen-bond acceptors (Lipinski definition) is 7. The molecule has 1 saturated heterocycles. The summed E-state index contributed by atoms with van der Waals surface area (Å²) in [4.78, 5) is 15.1. The fourth-order valence-electron chi connectivity index (χ4n) is 3.37. The Morgan fingerprint density at radius 2 is 1.90 bits per heavy atom. The molecule has 11 heteroatoms. The van der Waals surface area contributed by atoms with Gasteiger partial charge in [-0.3, -0.25) is 15.5 Å². The number of rotatable bonds is 6. The molecule has 0 aliphatic carbocycles. The van der Waals surface area contributed by atoms with E-state index in [-0.39, 0.29) is 21.4 Å². The van der Waals surface area contributed by atoms with Crippen LogP contribution in [0.1, 0.15) is 18.4 Å². The van der Waals surface area contributed by atoms with Gasteiger partial charge in [-0.15, -0.1) is 0 Å². The minimum Gasteiger partial charge on any atom is -0.272 e. The highest BCUT2D eigenvalue weighted by Gasteiger charge is 2.29. The number of hydrogen-bond donors (Lipinski definition) is 1. The minimum atomic E-state index is -3.76.